The Morgan fingerprint density at radius 1 is 1.48 bits per heavy atom. The van der Waals surface area contributed by atoms with E-state index in [-0.39, 0.29) is 23.6 Å². The van der Waals surface area contributed by atoms with Gasteiger partial charge >= 0.3 is 5.97 Å². The molecule has 0 saturated carbocycles. The van der Waals surface area contributed by atoms with E-state index in [1.165, 1.54) is 21.7 Å². The van der Waals surface area contributed by atoms with Crippen LogP contribution in [0.15, 0.2) is 23.1 Å². The zero-order valence-electron chi connectivity index (χ0n) is 12.2. The minimum absolute atomic E-state index is 0.260. The lowest BCUT2D eigenvalue weighted by molar-refractivity contribution is -0.149. The Hall–Kier alpha value is -2.15. The number of pyridine rings is 1. The van der Waals surface area contributed by atoms with Crippen LogP contribution in [0.4, 0.5) is 0 Å². The largest absolute Gasteiger partial charge is 0.464 e. The molecule has 1 fully saturated rings. The topological polar surface area (TPSA) is 80.6 Å². The van der Waals surface area contributed by atoms with Gasteiger partial charge < -0.3 is 19.5 Å². The van der Waals surface area contributed by atoms with E-state index < -0.39 is 12.0 Å². The van der Waals surface area contributed by atoms with Crippen molar-refractivity contribution in [1.29, 1.82) is 0 Å². The van der Waals surface area contributed by atoms with Crippen molar-refractivity contribution in [2.45, 2.75) is 13.0 Å². The first-order valence-electron chi connectivity index (χ1n) is 6.89. The molecule has 0 aliphatic carbocycles. The highest BCUT2D eigenvalue weighted by Crippen LogP contribution is 2.11. The lowest BCUT2D eigenvalue weighted by Gasteiger charge is -2.34. The number of esters is 1. The third-order valence-corrected chi connectivity index (χ3v) is 3.41. The maximum Gasteiger partial charge on any atom is 0.330 e. The molecule has 114 valence electrons. The molecule has 1 aliphatic rings. The van der Waals surface area contributed by atoms with Crippen molar-refractivity contribution in [3.8, 4) is 0 Å². The van der Waals surface area contributed by atoms with E-state index in [1.54, 1.807) is 20.0 Å². The van der Waals surface area contributed by atoms with E-state index in [0.29, 0.717) is 19.6 Å². The van der Waals surface area contributed by atoms with Crippen LogP contribution in [-0.4, -0.2) is 53.6 Å². The zero-order chi connectivity index (χ0) is 15.4. The Kier molecular flexibility index (Phi) is 4.74. The van der Waals surface area contributed by atoms with Gasteiger partial charge in [-0.1, -0.05) is 0 Å². The molecule has 0 spiro atoms. The third-order valence-electron chi connectivity index (χ3n) is 3.41. The first kappa shape index (κ1) is 15.2. The molecule has 2 rings (SSSR count). The van der Waals surface area contributed by atoms with Crippen LogP contribution in [0.5, 0.6) is 0 Å². The van der Waals surface area contributed by atoms with E-state index >= 15 is 0 Å². The molecule has 2 heterocycles. The van der Waals surface area contributed by atoms with E-state index in [4.69, 9.17) is 4.74 Å². The first-order valence-corrected chi connectivity index (χ1v) is 6.89. The fourth-order valence-corrected chi connectivity index (χ4v) is 2.24. The number of hydrogen-bond acceptors (Lipinski definition) is 5. The predicted molar refractivity (Wildman–Crippen MR) is 76.0 cm³/mol. The number of aryl methyl sites for hydroxylation is 1. The highest BCUT2D eigenvalue weighted by Gasteiger charge is 2.33. The Morgan fingerprint density at radius 2 is 2.24 bits per heavy atom. The molecule has 1 N–H and O–H groups in total. The third kappa shape index (κ3) is 3.30. The van der Waals surface area contributed by atoms with Crippen molar-refractivity contribution in [2.24, 2.45) is 7.05 Å². The molecular weight excluding hydrogens is 274 g/mol. The SMILES string of the molecule is CCOC(=O)C1CNCCN1C(=O)c1ccn(C)c(=O)c1. The summed E-state index contributed by atoms with van der Waals surface area (Å²) in [6.07, 6.45) is 1.54. The Morgan fingerprint density at radius 3 is 2.90 bits per heavy atom. The monoisotopic (exact) mass is 293 g/mol. The van der Waals surface area contributed by atoms with Gasteiger partial charge in [0.1, 0.15) is 6.04 Å². The summed E-state index contributed by atoms with van der Waals surface area (Å²) in [4.78, 5) is 37.6. The van der Waals surface area contributed by atoms with Gasteiger partial charge in [0.15, 0.2) is 0 Å². The molecule has 1 atom stereocenters. The molecule has 7 nitrogen and oxygen atoms in total. The molecule has 1 aromatic heterocycles. The minimum atomic E-state index is -0.657. The number of rotatable bonds is 3. The fourth-order valence-electron chi connectivity index (χ4n) is 2.24. The number of nitrogens with one attached hydrogen (secondary N) is 1. The standard InChI is InChI=1S/C14H19N3O4/c1-3-21-14(20)11-9-15-5-7-17(11)13(19)10-4-6-16(2)12(18)8-10/h4,6,8,11,15H,3,5,7,9H2,1-2H3. The highest BCUT2D eigenvalue weighted by molar-refractivity contribution is 5.96. The zero-order valence-corrected chi connectivity index (χ0v) is 12.2. The van der Waals surface area contributed by atoms with E-state index in [2.05, 4.69) is 5.32 Å². The molecule has 7 heteroatoms. The number of carbonyl (C=O) groups excluding carboxylic acids is 2. The van der Waals surface area contributed by atoms with Crippen LogP contribution < -0.4 is 10.9 Å². The highest BCUT2D eigenvalue weighted by atomic mass is 16.5. The number of ether oxygens (including phenoxy) is 1. The molecule has 1 aromatic rings. The van der Waals surface area contributed by atoms with Crippen LogP contribution in [0, 0.1) is 0 Å². The molecular formula is C14H19N3O4. The second kappa shape index (κ2) is 6.53. The summed E-state index contributed by atoms with van der Waals surface area (Å²) in [5.41, 5.74) is 0.0259. The number of hydrogen-bond donors (Lipinski definition) is 1. The minimum Gasteiger partial charge on any atom is -0.464 e. The normalized spacial score (nSPS) is 18.4. The average molecular weight is 293 g/mol. The Bertz CT molecular complexity index is 596. The first-order chi connectivity index (χ1) is 10.0. The van der Waals surface area contributed by atoms with Crippen LogP contribution in [0.3, 0.4) is 0 Å². The molecule has 1 unspecified atom stereocenters. The summed E-state index contributed by atoms with van der Waals surface area (Å²) >= 11 is 0. The summed E-state index contributed by atoms with van der Waals surface area (Å²) in [6, 6.07) is 2.20. The van der Waals surface area contributed by atoms with Gasteiger partial charge in [0.2, 0.25) is 0 Å². The predicted octanol–water partition coefficient (Wildman–Crippen LogP) is -0.638. The van der Waals surface area contributed by atoms with Crippen molar-refractivity contribution in [3.63, 3.8) is 0 Å². The maximum absolute atomic E-state index is 12.5. The van der Waals surface area contributed by atoms with Crippen molar-refractivity contribution in [2.75, 3.05) is 26.2 Å². The number of carbonyl (C=O) groups is 2. The second-order valence-electron chi connectivity index (χ2n) is 4.84. The molecule has 1 saturated heterocycles. The summed E-state index contributed by atoms with van der Waals surface area (Å²) < 4.78 is 6.39. The van der Waals surface area contributed by atoms with E-state index in [9.17, 15) is 14.4 Å². The lowest BCUT2D eigenvalue weighted by Crippen LogP contribution is -2.57. The summed E-state index contributed by atoms with van der Waals surface area (Å²) in [6.45, 7) is 3.35. The number of aromatic nitrogens is 1. The van der Waals surface area contributed by atoms with Gasteiger partial charge in [0.05, 0.1) is 6.61 Å². The van der Waals surface area contributed by atoms with Gasteiger partial charge in [-0.3, -0.25) is 9.59 Å². The van der Waals surface area contributed by atoms with Crippen molar-refractivity contribution >= 4 is 11.9 Å². The number of nitrogens with zero attached hydrogens (tertiary/aromatic N) is 2. The van der Waals surface area contributed by atoms with Crippen LogP contribution in [0.2, 0.25) is 0 Å². The molecule has 1 amide bonds. The van der Waals surface area contributed by atoms with Gasteiger partial charge in [-0.2, -0.15) is 0 Å². The smallest absolute Gasteiger partial charge is 0.330 e. The molecule has 0 bridgehead atoms. The lowest BCUT2D eigenvalue weighted by atomic mass is 10.1. The quantitative estimate of drug-likeness (QED) is 0.750. The Balaban J connectivity index is 2.23. The molecule has 0 aromatic carbocycles. The maximum atomic E-state index is 12.5. The van der Waals surface area contributed by atoms with Crippen LogP contribution >= 0.6 is 0 Å². The van der Waals surface area contributed by atoms with Gasteiger partial charge in [-0.25, -0.2) is 4.79 Å². The summed E-state index contributed by atoms with van der Waals surface area (Å²) in [7, 11) is 1.61. The van der Waals surface area contributed by atoms with E-state index in [1.807, 2.05) is 0 Å². The fraction of sp³-hybridized carbons (Fsp3) is 0.500. The van der Waals surface area contributed by atoms with Crippen molar-refractivity contribution < 1.29 is 14.3 Å². The van der Waals surface area contributed by atoms with Gasteiger partial charge in [0, 0.05) is 44.5 Å². The second-order valence-corrected chi connectivity index (χ2v) is 4.84. The molecule has 0 radical (unpaired) electrons. The van der Waals surface area contributed by atoms with Crippen LogP contribution in [-0.2, 0) is 16.6 Å². The summed E-state index contributed by atoms with van der Waals surface area (Å²) in [5, 5.41) is 3.07. The van der Waals surface area contributed by atoms with Gasteiger partial charge in [-0.15, -0.1) is 0 Å². The van der Waals surface area contributed by atoms with Crippen molar-refractivity contribution in [3.05, 3.63) is 34.2 Å². The van der Waals surface area contributed by atoms with Crippen LogP contribution in [0.1, 0.15) is 17.3 Å². The van der Waals surface area contributed by atoms with Gasteiger partial charge in [-0.05, 0) is 13.0 Å². The van der Waals surface area contributed by atoms with Crippen LogP contribution in [0.25, 0.3) is 0 Å². The van der Waals surface area contributed by atoms with Crippen molar-refractivity contribution in [1.82, 2.24) is 14.8 Å². The molecule has 21 heavy (non-hydrogen) atoms. The van der Waals surface area contributed by atoms with Gasteiger partial charge in [0.25, 0.3) is 11.5 Å². The summed E-state index contributed by atoms with van der Waals surface area (Å²) in [5.74, 6) is -0.755. The molecule has 1 aliphatic heterocycles. The number of amides is 1. The Labute approximate surface area is 122 Å². The average Bonchev–Trinajstić information content (AvgIpc) is 2.49. The number of piperazine rings is 1. The van der Waals surface area contributed by atoms with E-state index in [0.717, 1.165) is 0 Å².